The second kappa shape index (κ2) is 9.51. The number of nitrogen functional groups attached to an aromatic ring is 1. The zero-order valence-electron chi connectivity index (χ0n) is 18.1. The summed E-state index contributed by atoms with van der Waals surface area (Å²) in [5, 5.41) is 8.63. The van der Waals surface area contributed by atoms with Crippen molar-refractivity contribution >= 4 is 27.6 Å². The SMILES string of the molecule is COc1ccc(CS[C@@H]2C[C@@H](Cn3nnc(-c4ccccc4)c3N)N(S(C)(=O)=O)C2)cc1. The Hall–Kier alpha value is -2.56. The maximum absolute atomic E-state index is 12.5. The first-order valence-corrected chi connectivity index (χ1v) is 13.2. The average Bonchev–Trinajstić information content (AvgIpc) is 3.37. The third kappa shape index (κ3) is 5.08. The van der Waals surface area contributed by atoms with Crippen molar-refractivity contribution in [3.63, 3.8) is 0 Å². The van der Waals surface area contributed by atoms with Crippen LogP contribution in [0.2, 0.25) is 0 Å². The molecule has 4 rings (SSSR count). The molecule has 1 saturated heterocycles. The van der Waals surface area contributed by atoms with Gasteiger partial charge in [0.15, 0.2) is 0 Å². The standard InChI is InChI=1S/C22H27N5O3S2/c1-30-19-10-8-16(9-11-19)15-31-20-12-18(27(14-20)32(2,28)29)13-26-22(23)21(24-25-26)17-6-4-3-5-7-17/h3-11,18,20H,12-15,23H2,1-2H3/t18-,20+/m0/s1. The van der Waals surface area contributed by atoms with Crippen molar-refractivity contribution in [2.75, 3.05) is 25.6 Å². The number of ether oxygens (including phenoxy) is 1. The minimum Gasteiger partial charge on any atom is -0.497 e. The van der Waals surface area contributed by atoms with E-state index in [1.54, 1.807) is 27.9 Å². The van der Waals surface area contributed by atoms with Crippen LogP contribution in [-0.4, -0.2) is 58.9 Å². The third-order valence-electron chi connectivity index (χ3n) is 5.60. The van der Waals surface area contributed by atoms with E-state index in [0.29, 0.717) is 24.6 Å². The Labute approximate surface area is 192 Å². The van der Waals surface area contributed by atoms with Crippen LogP contribution >= 0.6 is 11.8 Å². The van der Waals surface area contributed by atoms with Crippen molar-refractivity contribution in [3.05, 3.63) is 60.2 Å². The lowest BCUT2D eigenvalue weighted by molar-refractivity contribution is 0.342. The number of thioether (sulfide) groups is 1. The quantitative estimate of drug-likeness (QED) is 0.536. The van der Waals surface area contributed by atoms with Gasteiger partial charge in [-0.05, 0) is 24.1 Å². The summed E-state index contributed by atoms with van der Waals surface area (Å²) in [4.78, 5) is 0. The topological polar surface area (TPSA) is 103 Å². The summed E-state index contributed by atoms with van der Waals surface area (Å²) in [6.07, 6.45) is 1.99. The van der Waals surface area contributed by atoms with Crippen LogP contribution in [0.3, 0.4) is 0 Å². The first-order chi connectivity index (χ1) is 15.3. The maximum Gasteiger partial charge on any atom is 0.211 e. The van der Waals surface area contributed by atoms with Gasteiger partial charge in [0.05, 0.1) is 19.9 Å². The Kier molecular flexibility index (Phi) is 6.73. The Morgan fingerprint density at radius 2 is 1.88 bits per heavy atom. The summed E-state index contributed by atoms with van der Waals surface area (Å²) in [7, 11) is -1.71. The molecule has 2 N–H and O–H groups in total. The molecule has 0 unspecified atom stereocenters. The molecule has 8 nitrogen and oxygen atoms in total. The Balaban J connectivity index is 1.46. The highest BCUT2D eigenvalue weighted by Crippen LogP contribution is 2.33. The monoisotopic (exact) mass is 473 g/mol. The van der Waals surface area contributed by atoms with Crippen molar-refractivity contribution in [2.24, 2.45) is 0 Å². The van der Waals surface area contributed by atoms with Crippen LogP contribution in [0.5, 0.6) is 5.75 Å². The van der Waals surface area contributed by atoms with Gasteiger partial charge in [-0.2, -0.15) is 16.1 Å². The molecular weight excluding hydrogens is 446 g/mol. The Morgan fingerprint density at radius 3 is 2.53 bits per heavy atom. The van der Waals surface area contributed by atoms with E-state index in [2.05, 4.69) is 10.3 Å². The smallest absolute Gasteiger partial charge is 0.211 e. The van der Waals surface area contributed by atoms with Crippen molar-refractivity contribution in [1.82, 2.24) is 19.3 Å². The van der Waals surface area contributed by atoms with Gasteiger partial charge in [-0.25, -0.2) is 13.1 Å². The lowest BCUT2D eigenvalue weighted by Gasteiger charge is -2.21. The van der Waals surface area contributed by atoms with Crippen LogP contribution in [0.15, 0.2) is 54.6 Å². The van der Waals surface area contributed by atoms with Crippen LogP contribution in [0.4, 0.5) is 5.82 Å². The van der Waals surface area contributed by atoms with E-state index in [1.807, 2.05) is 54.6 Å². The largest absolute Gasteiger partial charge is 0.497 e. The van der Waals surface area contributed by atoms with Crippen LogP contribution in [-0.2, 0) is 22.3 Å². The number of hydrogen-bond donors (Lipinski definition) is 1. The van der Waals surface area contributed by atoms with Gasteiger partial charge in [0.25, 0.3) is 0 Å². The molecule has 1 aliphatic rings. The van der Waals surface area contributed by atoms with E-state index in [9.17, 15) is 8.42 Å². The van der Waals surface area contributed by atoms with Gasteiger partial charge in [0.1, 0.15) is 17.3 Å². The van der Waals surface area contributed by atoms with Gasteiger partial charge in [-0.1, -0.05) is 47.7 Å². The van der Waals surface area contributed by atoms with Gasteiger partial charge < -0.3 is 10.5 Å². The molecule has 2 heterocycles. The summed E-state index contributed by atoms with van der Waals surface area (Å²) < 4.78 is 33.3. The van der Waals surface area contributed by atoms with Crippen LogP contribution in [0, 0.1) is 0 Å². The highest BCUT2D eigenvalue weighted by atomic mass is 32.2. The lowest BCUT2D eigenvalue weighted by atomic mass is 10.1. The molecule has 2 aromatic carbocycles. The van der Waals surface area contributed by atoms with Gasteiger partial charge >= 0.3 is 0 Å². The second-order valence-corrected chi connectivity index (χ2v) is 11.1. The maximum atomic E-state index is 12.5. The van der Waals surface area contributed by atoms with Crippen LogP contribution in [0.1, 0.15) is 12.0 Å². The molecule has 170 valence electrons. The molecule has 2 atom stereocenters. The lowest BCUT2D eigenvalue weighted by Crippen LogP contribution is -2.37. The van der Waals surface area contributed by atoms with Gasteiger partial charge in [0.2, 0.25) is 10.0 Å². The van der Waals surface area contributed by atoms with Gasteiger partial charge in [-0.15, -0.1) is 5.10 Å². The number of hydrogen-bond acceptors (Lipinski definition) is 7. The highest BCUT2D eigenvalue weighted by Gasteiger charge is 2.38. The molecule has 3 aromatic rings. The van der Waals surface area contributed by atoms with E-state index in [-0.39, 0.29) is 11.3 Å². The van der Waals surface area contributed by atoms with Gasteiger partial charge in [-0.3, -0.25) is 0 Å². The third-order valence-corrected chi connectivity index (χ3v) is 8.21. The fourth-order valence-corrected chi connectivity index (χ4v) is 6.41. The van der Waals surface area contributed by atoms with Crippen LogP contribution in [0.25, 0.3) is 11.3 Å². The molecule has 32 heavy (non-hydrogen) atoms. The number of methoxy groups -OCH3 is 1. The van der Waals surface area contributed by atoms with Crippen molar-refractivity contribution in [1.29, 1.82) is 0 Å². The zero-order valence-corrected chi connectivity index (χ0v) is 19.7. The Morgan fingerprint density at radius 1 is 1.16 bits per heavy atom. The fourth-order valence-electron chi connectivity index (χ4n) is 3.93. The normalized spacial score (nSPS) is 19.3. The van der Waals surface area contributed by atoms with Gasteiger partial charge in [0, 0.05) is 29.2 Å². The molecule has 0 amide bonds. The van der Waals surface area contributed by atoms with Crippen molar-refractivity contribution < 1.29 is 13.2 Å². The van der Waals surface area contributed by atoms with Crippen molar-refractivity contribution in [3.8, 4) is 17.0 Å². The van der Waals surface area contributed by atoms with Crippen LogP contribution < -0.4 is 10.5 Å². The van der Waals surface area contributed by atoms with E-state index in [1.165, 1.54) is 11.8 Å². The Bertz CT molecular complexity index is 1150. The number of anilines is 1. The van der Waals surface area contributed by atoms with E-state index in [4.69, 9.17) is 10.5 Å². The van der Waals surface area contributed by atoms with E-state index >= 15 is 0 Å². The summed E-state index contributed by atoms with van der Waals surface area (Å²) in [5.74, 6) is 2.07. The van der Waals surface area contributed by atoms with E-state index < -0.39 is 10.0 Å². The first-order valence-electron chi connectivity index (χ1n) is 10.3. The summed E-state index contributed by atoms with van der Waals surface area (Å²) >= 11 is 1.77. The average molecular weight is 474 g/mol. The number of sulfonamides is 1. The number of nitrogens with zero attached hydrogens (tertiary/aromatic N) is 4. The predicted molar refractivity (Wildman–Crippen MR) is 128 cm³/mol. The second-order valence-electron chi connectivity index (χ2n) is 7.87. The number of nitrogens with two attached hydrogens (primary N) is 1. The number of aromatic nitrogens is 3. The molecule has 0 bridgehead atoms. The molecule has 0 radical (unpaired) electrons. The van der Waals surface area contributed by atoms with E-state index in [0.717, 1.165) is 23.5 Å². The molecular formula is C22H27N5O3S2. The summed E-state index contributed by atoms with van der Waals surface area (Å²) in [6, 6.07) is 17.3. The molecule has 10 heteroatoms. The fraction of sp³-hybridized carbons (Fsp3) is 0.364. The summed E-state index contributed by atoms with van der Waals surface area (Å²) in [6.45, 7) is 0.850. The molecule has 1 fully saturated rings. The molecule has 0 aliphatic carbocycles. The molecule has 0 spiro atoms. The zero-order chi connectivity index (χ0) is 22.7. The molecule has 1 aromatic heterocycles. The summed E-state index contributed by atoms with van der Waals surface area (Å²) in [5.41, 5.74) is 8.99. The first kappa shape index (κ1) is 22.6. The minimum absolute atomic E-state index is 0.190. The number of benzene rings is 2. The predicted octanol–water partition coefficient (Wildman–Crippen LogP) is 2.87. The van der Waals surface area contributed by atoms with Crippen molar-refractivity contribution in [2.45, 2.75) is 30.0 Å². The minimum atomic E-state index is -3.35. The number of rotatable bonds is 8. The molecule has 1 aliphatic heterocycles. The molecule has 0 saturated carbocycles. The highest BCUT2D eigenvalue weighted by molar-refractivity contribution is 7.99.